The number of anilines is 1. The summed E-state index contributed by atoms with van der Waals surface area (Å²) in [6.45, 7) is 0.933. The molecule has 4 heteroatoms. The van der Waals surface area contributed by atoms with Gasteiger partial charge in [-0.15, -0.1) is 11.6 Å². The van der Waals surface area contributed by atoms with Gasteiger partial charge >= 0.3 is 0 Å². The highest BCUT2D eigenvalue weighted by molar-refractivity contribution is 9.10. The number of hydrogen-bond acceptors (Lipinski definition) is 2. The van der Waals surface area contributed by atoms with Crippen LogP contribution in [0.25, 0.3) is 0 Å². The van der Waals surface area contributed by atoms with Gasteiger partial charge in [-0.05, 0) is 46.8 Å². The van der Waals surface area contributed by atoms with Crippen molar-refractivity contribution in [2.45, 2.75) is 31.1 Å². The van der Waals surface area contributed by atoms with Crippen LogP contribution in [0, 0.1) is 5.92 Å². The molecule has 2 nitrogen and oxygen atoms in total. The largest absolute Gasteiger partial charge is 0.370 e. The molecule has 88 valence electrons. The zero-order chi connectivity index (χ0) is 11.4. The van der Waals surface area contributed by atoms with Gasteiger partial charge in [-0.2, -0.15) is 0 Å². The Morgan fingerprint density at radius 3 is 2.88 bits per heavy atom. The standard InChI is InChI=1S/C12H16BrClN2/c13-10-5-6-12(16-8-10)15-7-9-3-1-2-4-11(9)14/h5-6,8-9,11H,1-4,7H2,(H,15,16). The van der Waals surface area contributed by atoms with Crippen LogP contribution in [0.5, 0.6) is 0 Å². The number of aromatic nitrogens is 1. The van der Waals surface area contributed by atoms with Crippen molar-refractivity contribution < 1.29 is 0 Å². The van der Waals surface area contributed by atoms with E-state index in [0.717, 1.165) is 23.3 Å². The predicted molar refractivity (Wildman–Crippen MR) is 72.0 cm³/mol. The summed E-state index contributed by atoms with van der Waals surface area (Å²) >= 11 is 9.68. The van der Waals surface area contributed by atoms with E-state index in [1.54, 1.807) is 6.20 Å². The molecule has 0 aliphatic heterocycles. The monoisotopic (exact) mass is 302 g/mol. The van der Waals surface area contributed by atoms with Crippen LogP contribution in [0.3, 0.4) is 0 Å². The molecule has 1 aliphatic rings. The quantitative estimate of drug-likeness (QED) is 0.852. The number of nitrogens with zero attached hydrogens (tertiary/aromatic N) is 1. The van der Waals surface area contributed by atoms with Gasteiger partial charge in [0.1, 0.15) is 5.82 Å². The maximum absolute atomic E-state index is 6.31. The van der Waals surface area contributed by atoms with Gasteiger partial charge in [-0.3, -0.25) is 0 Å². The first kappa shape index (κ1) is 12.2. The molecule has 0 aromatic carbocycles. The molecule has 1 aromatic heterocycles. The van der Waals surface area contributed by atoms with E-state index in [2.05, 4.69) is 26.2 Å². The van der Waals surface area contributed by atoms with Crippen molar-refractivity contribution in [3.8, 4) is 0 Å². The first-order chi connectivity index (χ1) is 7.75. The fourth-order valence-corrected chi connectivity index (χ4v) is 2.71. The Hall–Kier alpha value is -0.280. The number of nitrogens with one attached hydrogen (secondary N) is 1. The summed E-state index contributed by atoms with van der Waals surface area (Å²) in [5.41, 5.74) is 0. The Kier molecular flexibility index (Phi) is 4.47. The first-order valence-electron chi connectivity index (χ1n) is 5.75. The number of halogens is 2. The second-order valence-corrected chi connectivity index (χ2v) is 5.78. The van der Waals surface area contributed by atoms with Crippen LogP contribution in [0.4, 0.5) is 5.82 Å². The molecule has 0 spiro atoms. The predicted octanol–water partition coefficient (Wildman–Crippen LogP) is 4.05. The van der Waals surface area contributed by atoms with E-state index < -0.39 is 0 Å². The highest BCUT2D eigenvalue weighted by atomic mass is 79.9. The van der Waals surface area contributed by atoms with Gasteiger partial charge in [0.15, 0.2) is 0 Å². The number of rotatable bonds is 3. The van der Waals surface area contributed by atoms with Crippen LogP contribution in [0.1, 0.15) is 25.7 Å². The van der Waals surface area contributed by atoms with Crippen LogP contribution in [-0.4, -0.2) is 16.9 Å². The van der Waals surface area contributed by atoms with Crippen LogP contribution >= 0.6 is 27.5 Å². The van der Waals surface area contributed by atoms with Crippen molar-refractivity contribution in [2.75, 3.05) is 11.9 Å². The third-order valence-electron chi connectivity index (χ3n) is 3.09. The lowest BCUT2D eigenvalue weighted by molar-refractivity contribution is 0.380. The SMILES string of the molecule is ClC1CCCCC1CNc1ccc(Br)cn1. The molecular formula is C12H16BrClN2. The molecule has 1 fully saturated rings. The highest BCUT2D eigenvalue weighted by Crippen LogP contribution is 2.28. The fourth-order valence-electron chi connectivity index (χ4n) is 2.11. The van der Waals surface area contributed by atoms with E-state index in [1.165, 1.54) is 19.3 Å². The summed E-state index contributed by atoms with van der Waals surface area (Å²) in [7, 11) is 0. The van der Waals surface area contributed by atoms with Crippen molar-refractivity contribution in [1.82, 2.24) is 4.98 Å². The zero-order valence-electron chi connectivity index (χ0n) is 9.13. The summed E-state index contributed by atoms with van der Waals surface area (Å²) in [5.74, 6) is 1.51. The smallest absolute Gasteiger partial charge is 0.125 e. The summed E-state index contributed by atoms with van der Waals surface area (Å²) in [6, 6.07) is 3.98. The van der Waals surface area contributed by atoms with E-state index in [9.17, 15) is 0 Å². The minimum Gasteiger partial charge on any atom is -0.370 e. The normalized spacial score (nSPS) is 25.4. The molecule has 1 aliphatic carbocycles. The third kappa shape index (κ3) is 3.36. The van der Waals surface area contributed by atoms with Crippen LogP contribution in [-0.2, 0) is 0 Å². The minimum atomic E-state index is 0.330. The Bertz CT molecular complexity index is 328. The zero-order valence-corrected chi connectivity index (χ0v) is 11.5. The van der Waals surface area contributed by atoms with E-state index in [4.69, 9.17) is 11.6 Å². The number of alkyl halides is 1. The van der Waals surface area contributed by atoms with Crippen LogP contribution < -0.4 is 5.32 Å². The lowest BCUT2D eigenvalue weighted by atomic mass is 9.89. The van der Waals surface area contributed by atoms with Crippen molar-refractivity contribution >= 4 is 33.3 Å². The molecule has 0 bridgehead atoms. The maximum Gasteiger partial charge on any atom is 0.125 e. The summed E-state index contributed by atoms with van der Waals surface area (Å²) in [5, 5.41) is 3.69. The lowest BCUT2D eigenvalue weighted by Gasteiger charge is -2.27. The molecule has 0 amide bonds. The van der Waals surface area contributed by atoms with Crippen LogP contribution in [0.2, 0.25) is 0 Å². The van der Waals surface area contributed by atoms with Crippen LogP contribution in [0.15, 0.2) is 22.8 Å². The summed E-state index contributed by atoms with van der Waals surface area (Å²) in [4.78, 5) is 4.29. The van der Waals surface area contributed by atoms with Gasteiger partial charge in [0.05, 0.1) is 0 Å². The van der Waals surface area contributed by atoms with E-state index in [1.807, 2.05) is 12.1 Å². The van der Waals surface area contributed by atoms with Gasteiger partial charge in [0, 0.05) is 22.6 Å². The summed E-state index contributed by atoms with van der Waals surface area (Å²) < 4.78 is 1.01. The molecule has 1 N–H and O–H groups in total. The maximum atomic E-state index is 6.31. The number of pyridine rings is 1. The second kappa shape index (κ2) is 5.87. The molecule has 1 saturated carbocycles. The van der Waals surface area contributed by atoms with Crippen molar-refractivity contribution in [1.29, 1.82) is 0 Å². The average Bonchev–Trinajstić information content (AvgIpc) is 2.30. The van der Waals surface area contributed by atoms with Crippen molar-refractivity contribution in [3.63, 3.8) is 0 Å². The lowest BCUT2D eigenvalue weighted by Crippen LogP contribution is -2.26. The highest BCUT2D eigenvalue weighted by Gasteiger charge is 2.22. The van der Waals surface area contributed by atoms with Gasteiger partial charge < -0.3 is 5.32 Å². The van der Waals surface area contributed by atoms with E-state index in [0.29, 0.717) is 11.3 Å². The molecule has 2 unspecified atom stereocenters. The van der Waals surface area contributed by atoms with Gasteiger partial charge in [-0.1, -0.05) is 12.8 Å². The topological polar surface area (TPSA) is 24.9 Å². The van der Waals surface area contributed by atoms with E-state index >= 15 is 0 Å². The van der Waals surface area contributed by atoms with E-state index in [-0.39, 0.29) is 0 Å². The van der Waals surface area contributed by atoms with Crippen molar-refractivity contribution in [2.24, 2.45) is 5.92 Å². The number of hydrogen-bond donors (Lipinski definition) is 1. The fraction of sp³-hybridized carbons (Fsp3) is 0.583. The Labute approximate surface area is 110 Å². The van der Waals surface area contributed by atoms with Gasteiger partial charge in [0.25, 0.3) is 0 Å². The molecule has 1 aromatic rings. The molecule has 16 heavy (non-hydrogen) atoms. The Morgan fingerprint density at radius 1 is 1.38 bits per heavy atom. The summed E-state index contributed by atoms with van der Waals surface area (Å²) in [6.07, 6.45) is 6.78. The van der Waals surface area contributed by atoms with Gasteiger partial charge in [-0.25, -0.2) is 4.98 Å². The Morgan fingerprint density at radius 2 is 2.19 bits per heavy atom. The van der Waals surface area contributed by atoms with Gasteiger partial charge in [0.2, 0.25) is 0 Å². The first-order valence-corrected chi connectivity index (χ1v) is 6.98. The molecule has 1 heterocycles. The average molecular weight is 304 g/mol. The molecule has 0 saturated heterocycles. The molecule has 2 rings (SSSR count). The molecule has 0 radical (unpaired) electrons. The minimum absolute atomic E-state index is 0.330. The third-order valence-corrected chi connectivity index (χ3v) is 4.13. The molecular weight excluding hydrogens is 288 g/mol. The second-order valence-electron chi connectivity index (χ2n) is 4.30. The molecule has 2 atom stereocenters. The van der Waals surface area contributed by atoms with Crippen molar-refractivity contribution in [3.05, 3.63) is 22.8 Å². The Balaban J connectivity index is 1.84.